The van der Waals surface area contributed by atoms with Crippen molar-refractivity contribution >= 4 is 34.5 Å². The van der Waals surface area contributed by atoms with Crippen LogP contribution in [-0.4, -0.2) is 6.61 Å². The van der Waals surface area contributed by atoms with Crippen molar-refractivity contribution in [3.63, 3.8) is 0 Å². The number of hydrogen-bond donors (Lipinski definition) is 3. The van der Waals surface area contributed by atoms with Gasteiger partial charge in [-0.15, -0.1) is 0 Å². The van der Waals surface area contributed by atoms with Crippen LogP contribution in [0.4, 0.5) is 10.1 Å². The SMILES string of the molecule is CC(C)(C)CCc1c(N)c(Cl)cc(F)c1/C(CON)=C(/N)Cl.CCCC. The Labute approximate surface area is 166 Å². The van der Waals surface area contributed by atoms with Crippen LogP contribution in [0.3, 0.4) is 0 Å². The summed E-state index contributed by atoms with van der Waals surface area (Å²) in [5.74, 6) is 4.53. The molecule has 0 aliphatic heterocycles. The number of anilines is 1. The third-order valence-corrected chi connectivity index (χ3v) is 4.36. The average Bonchev–Trinajstić information content (AvgIpc) is 2.54. The maximum absolute atomic E-state index is 14.5. The summed E-state index contributed by atoms with van der Waals surface area (Å²) in [7, 11) is 0. The number of nitrogen functional groups attached to an aromatic ring is 1. The molecule has 0 radical (unpaired) electrons. The lowest BCUT2D eigenvalue weighted by molar-refractivity contribution is 0.172. The monoisotopic (exact) mass is 407 g/mol. The van der Waals surface area contributed by atoms with Crippen molar-refractivity contribution in [1.29, 1.82) is 0 Å². The van der Waals surface area contributed by atoms with Gasteiger partial charge in [0.1, 0.15) is 11.0 Å². The molecule has 4 nitrogen and oxygen atoms in total. The summed E-state index contributed by atoms with van der Waals surface area (Å²) in [5, 5.41) is 0.0643. The zero-order valence-corrected chi connectivity index (χ0v) is 17.9. The fraction of sp³-hybridized carbons (Fsp3) is 0.579. The molecule has 0 aliphatic rings. The highest BCUT2D eigenvalue weighted by Crippen LogP contribution is 2.36. The van der Waals surface area contributed by atoms with E-state index in [0.717, 1.165) is 12.5 Å². The molecule has 1 aromatic rings. The Bertz CT molecular complexity index is 608. The molecule has 0 fully saturated rings. The standard InChI is InChI=1S/C15H22Cl2FN3O.C4H10/c1-15(2,3)5-4-8-12(9(7-22-21)14(17)20)11(18)6-10(16)13(8)19;1-3-4-2/h6H,4-5,7,19-21H2,1-3H3;3-4H2,1-2H3/b14-9+;. The third-order valence-electron chi connectivity index (χ3n) is 3.82. The topological polar surface area (TPSA) is 87.3 Å². The smallest absolute Gasteiger partial charge is 0.132 e. The second-order valence-corrected chi connectivity index (χ2v) is 8.12. The Kier molecular flexibility index (Phi) is 11.2. The highest BCUT2D eigenvalue weighted by molar-refractivity contribution is 6.34. The van der Waals surface area contributed by atoms with Gasteiger partial charge in [-0.25, -0.2) is 10.3 Å². The van der Waals surface area contributed by atoms with Crippen molar-refractivity contribution in [2.24, 2.45) is 17.0 Å². The van der Waals surface area contributed by atoms with E-state index in [1.54, 1.807) is 0 Å². The molecule has 0 bridgehead atoms. The van der Waals surface area contributed by atoms with Crippen LogP contribution in [-0.2, 0) is 11.3 Å². The van der Waals surface area contributed by atoms with E-state index in [4.69, 9.17) is 40.6 Å². The van der Waals surface area contributed by atoms with E-state index >= 15 is 0 Å². The third kappa shape index (κ3) is 8.12. The van der Waals surface area contributed by atoms with Gasteiger partial charge in [0.2, 0.25) is 0 Å². The fourth-order valence-electron chi connectivity index (χ4n) is 2.11. The van der Waals surface area contributed by atoms with Crippen molar-refractivity contribution in [1.82, 2.24) is 0 Å². The van der Waals surface area contributed by atoms with Gasteiger partial charge in [-0.1, -0.05) is 70.7 Å². The first-order valence-electron chi connectivity index (χ1n) is 8.72. The average molecular weight is 408 g/mol. The predicted molar refractivity (Wildman–Crippen MR) is 111 cm³/mol. The van der Waals surface area contributed by atoms with Gasteiger partial charge in [0.05, 0.1) is 17.3 Å². The second kappa shape index (κ2) is 11.7. The molecule has 0 spiro atoms. The Hall–Kier alpha value is -1.01. The number of rotatable bonds is 6. The Morgan fingerprint density at radius 1 is 1.23 bits per heavy atom. The van der Waals surface area contributed by atoms with Crippen molar-refractivity contribution in [2.75, 3.05) is 12.3 Å². The highest BCUT2D eigenvalue weighted by Gasteiger charge is 2.22. The van der Waals surface area contributed by atoms with Crippen molar-refractivity contribution in [2.45, 2.75) is 60.3 Å². The number of hydrogen-bond acceptors (Lipinski definition) is 4. The van der Waals surface area contributed by atoms with Crippen LogP contribution >= 0.6 is 23.2 Å². The second-order valence-electron chi connectivity index (χ2n) is 7.31. The molecule has 0 aromatic heterocycles. The van der Waals surface area contributed by atoms with Gasteiger partial charge in [-0.05, 0) is 29.9 Å². The highest BCUT2D eigenvalue weighted by atomic mass is 35.5. The number of halogens is 3. The molecule has 0 saturated heterocycles. The first kappa shape index (κ1) is 25.0. The van der Waals surface area contributed by atoms with E-state index < -0.39 is 5.82 Å². The summed E-state index contributed by atoms with van der Waals surface area (Å²) in [6.45, 7) is 10.5. The van der Waals surface area contributed by atoms with Gasteiger partial charge >= 0.3 is 0 Å². The minimum Gasteiger partial charge on any atom is -0.397 e. The molecule has 6 N–H and O–H groups in total. The van der Waals surface area contributed by atoms with Crippen molar-refractivity contribution in [3.8, 4) is 0 Å². The zero-order chi connectivity index (χ0) is 20.5. The first-order valence-corrected chi connectivity index (χ1v) is 9.48. The first-order chi connectivity index (χ1) is 12.0. The minimum absolute atomic E-state index is 0.0449. The number of nitrogens with two attached hydrogens (primary N) is 3. The minimum atomic E-state index is -0.557. The van der Waals surface area contributed by atoms with Gasteiger partial charge in [0.15, 0.2) is 0 Å². The quantitative estimate of drug-likeness (QED) is 0.325. The van der Waals surface area contributed by atoms with Gasteiger partial charge in [0.25, 0.3) is 0 Å². The molecule has 0 unspecified atom stereocenters. The lowest BCUT2D eigenvalue weighted by atomic mass is 9.86. The van der Waals surface area contributed by atoms with E-state index in [-0.39, 0.29) is 33.3 Å². The van der Waals surface area contributed by atoms with Crippen LogP contribution < -0.4 is 17.4 Å². The predicted octanol–water partition coefficient (Wildman–Crippen LogP) is 5.60. The molecule has 0 saturated carbocycles. The molecule has 7 heteroatoms. The lowest BCUT2D eigenvalue weighted by Crippen LogP contribution is -2.14. The summed E-state index contributed by atoms with van der Waals surface area (Å²) >= 11 is 11.9. The summed E-state index contributed by atoms with van der Waals surface area (Å²) < 4.78 is 14.5. The fourth-order valence-corrected chi connectivity index (χ4v) is 2.47. The Morgan fingerprint density at radius 2 is 1.77 bits per heavy atom. The summed E-state index contributed by atoms with van der Waals surface area (Å²) in [6.07, 6.45) is 3.95. The van der Waals surface area contributed by atoms with Crippen LogP contribution in [0.25, 0.3) is 5.57 Å². The lowest BCUT2D eigenvalue weighted by Gasteiger charge is -2.22. The van der Waals surface area contributed by atoms with Crippen LogP contribution in [0, 0.1) is 11.2 Å². The van der Waals surface area contributed by atoms with Crippen molar-refractivity contribution < 1.29 is 9.23 Å². The molecule has 1 aromatic carbocycles. The Morgan fingerprint density at radius 3 is 2.15 bits per heavy atom. The van der Waals surface area contributed by atoms with E-state index in [1.165, 1.54) is 12.8 Å². The molecular formula is C19H32Cl2FN3O. The molecule has 0 aliphatic carbocycles. The molecule has 150 valence electrons. The Balaban J connectivity index is 0.00000141. The van der Waals surface area contributed by atoms with Gasteiger partial charge in [-0.3, -0.25) is 4.84 Å². The maximum atomic E-state index is 14.5. The van der Waals surface area contributed by atoms with Crippen molar-refractivity contribution in [3.05, 3.63) is 33.2 Å². The number of unbranched alkanes of at least 4 members (excludes halogenated alkanes) is 1. The van der Waals surface area contributed by atoms with E-state index in [2.05, 4.69) is 39.5 Å². The molecular weight excluding hydrogens is 376 g/mol. The maximum Gasteiger partial charge on any atom is 0.132 e. The normalized spacial score (nSPS) is 12.3. The van der Waals surface area contributed by atoms with Crippen LogP contribution in [0.1, 0.15) is 65.0 Å². The summed E-state index contributed by atoms with van der Waals surface area (Å²) in [5.41, 5.74) is 13.1. The summed E-state index contributed by atoms with van der Waals surface area (Å²) in [4.78, 5) is 4.58. The van der Waals surface area contributed by atoms with Gasteiger partial charge < -0.3 is 11.5 Å². The van der Waals surface area contributed by atoms with Crippen LogP contribution in [0.5, 0.6) is 0 Å². The van der Waals surface area contributed by atoms with Crippen LogP contribution in [0.2, 0.25) is 5.02 Å². The largest absolute Gasteiger partial charge is 0.397 e. The molecule has 0 heterocycles. The molecule has 0 amide bonds. The van der Waals surface area contributed by atoms with Gasteiger partial charge in [0, 0.05) is 11.1 Å². The summed E-state index contributed by atoms with van der Waals surface area (Å²) in [6, 6.07) is 1.14. The van der Waals surface area contributed by atoms with Gasteiger partial charge in [-0.2, -0.15) is 0 Å². The molecule has 0 atom stereocenters. The van der Waals surface area contributed by atoms with E-state index in [0.29, 0.717) is 17.7 Å². The number of benzene rings is 1. The van der Waals surface area contributed by atoms with Crippen LogP contribution in [0.15, 0.2) is 11.2 Å². The van der Waals surface area contributed by atoms with E-state index in [9.17, 15) is 4.39 Å². The molecule has 26 heavy (non-hydrogen) atoms. The zero-order valence-electron chi connectivity index (χ0n) is 16.4. The molecule has 1 rings (SSSR count). The van der Waals surface area contributed by atoms with E-state index in [1.807, 2.05) is 0 Å².